The Labute approximate surface area is 119 Å². The van der Waals surface area contributed by atoms with Crippen LogP contribution in [0.1, 0.15) is 13.8 Å². The molecule has 0 spiro atoms. The summed E-state index contributed by atoms with van der Waals surface area (Å²) in [5, 5.41) is 5.88. The molecule has 1 aromatic rings. The van der Waals surface area contributed by atoms with E-state index in [1.807, 2.05) is 21.0 Å². The van der Waals surface area contributed by atoms with Crippen LogP contribution >= 0.6 is 0 Å². The van der Waals surface area contributed by atoms with E-state index < -0.39 is 6.04 Å². The summed E-state index contributed by atoms with van der Waals surface area (Å²) in [4.78, 5) is 28.1. The number of aromatic nitrogens is 3. The van der Waals surface area contributed by atoms with Crippen molar-refractivity contribution in [1.29, 1.82) is 0 Å². The quantitative estimate of drug-likeness (QED) is 0.773. The van der Waals surface area contributed by atoms with Crippen LogP contribution in [0, 0.1) is 0 Å². The first kappa shape index (κ1) is 15.9. The molecule has 0 radical (unpaired) electrons. The first-order valence-electron chi connectivity index (χ1n) is 6.51. The van der Waals surface area contributed by atoms with Gasteiger partial charge in [0.15, 0.2) is 0 Å². The molecule has 8 heteroatoms. The van der Waals surface area contributed by atoms with Crippen molar-refractivity contribution in [2.75, 3.05) is 50.3 Å². The Morgan fingerprint density at radius 1 is 1.20 bits per heavy atom. The van der Waals surface area contributed by atoms with E-state index in [9.17, 15) is 4.79 Å². The Kier molecular flexibility index (Phi) is 5.48. The lowest BCUT2D eigenvalue weighted by Crippen LogP contribution is -2.39. The summed E-state index contributed by atoms with van der Waals surface area (Å²) in [6, 6.07) is -0.401. The monoisotopic (exact) mass is 281 g/mol. The molecule has 20 heavy (non-hydrogen) atoms. The second-order valence-electron chi connectivity index (χ2n) is 4.65. The molecule has 1 rings (SSSR count). The predicted octanol–water partition coefficient (Wildman–Crippen LogP) is 0.258. The average Bonchev–Trinajstić information content (AvgIpc) is 2.44. The molecule has 0 fully saturated rings. The van der Waals surface area contributed by atoms with Crippen LogP contribution in [0.5, 0.6) is 0 Å². The smallest absolute Gasteiger partial charge is 0.244 e. The number of nitrogens with one attached hydrogen (secondary N) is 2. The molecule has 1 heterocycles. The van der Waals surface area contributed by atoms with E-state index in [0.29, 0.717) is 24.4 Å². The van der Waals surface area contributed by atoms with Gasteiger partial charge in [-0.3, -0.25) is 4.79 Å². The predicted molar refractivity (Wildman–Crippen MR) is 80.1 cm³/mol. The minimum absolute atomic E-state index is 0.00896. The van der Waals surface area contributed by atoms with E-state index in [1.165, 1.54) is 0 Å². The zero-order chi connectivity index (χ0) is 15.3. The number of carbonyl (C=O) groups excluding carboxylic acids is 1. The van der Waals surface area contributed by atoms with Crippen molar-refractivity contribution in [3.63, 3.8) is 0 Å². The molecule has 8 nitrogen and oxygen atoms in total. The summed E-state index contributed by atoms with van der Waals surface area (Å²) in [5.74, 6) is 1.34. The fraction of sp³-hybridized carbons (Fsp3) is 0.667. The van der Waals surface area contributed by atoms with E-state index in [2.05, 4.69) is 25.6 Å². The van der Waals surface area contributed by atoms with E-state index in [0.717, 1.165) is 0 Å². The van der Waals surface area contributed by atoms with Gasteiger partial charge in [0, 0.05) is 34.7 Å². The highest BCUT2D eigenvalue weighted by Crippen LogP contribution is 2.12. The van der Waals surface area contributed by atoms with E-state index >= 15 is 0 Å². The van der Waals surface area contributed by atoms with Crippen molar-refractivity contribution >= 4 is 23.8 Å². The second kappa shape index (κ2) is 6.88. The Morgan fingerprint density at radius 3 is 2.30 bits per heavy atom. The molecule has 1 amide bonds. The van der Waals surface area contributed by atoms with Crippen molar-refractivity contribution in [2.45, 2.75) is 19.9 Å². The van der Waals surface area contributed by atoms with Gasteiger partial charge in [-0.15, -0.1) is 0 Å². The zero-order valence-corrected chi connectivity index (χ0v) is 12.9. The summed E-state index contributed by atoms with van der Waals surface area (Å²) in [7, 11) is 7.19. The fourth-order valence-corrected chi connectivity index (χ4v) is 1.48. The number of likely N-dealkylation sites (N-methyl/N-ethyl adjacent to an activating group) is 1. The first-order valence-corrected chi connectivity index (χ1v) is 6.51. The van der Waals surface area contributed by atoms with Crippen LogP contribution < -0.4 is 15.5 Å². The van der Waals surface area contributed by atoms with Crippen molar-refractivity contribution in [1.82, 2.24) is 19.9 Å². The van der Waals surface area contributed by atoms with Gasteiger partial charge in [-0.1, -0.05) is 0 Å². The Hall–Kier alpha value is -2.12. The molecule has 0 saturated heterocycles. The summed E-state index contributed by atoms with van der Waals surface area (Å²) in [6.07, 6.45) is 0. The Morgan fingerprint density at radius 2 is 1.80 bits per heavy atom. The number of amides is 1. The highest BCUT2D eigenvalue weighted by atomic mass is 16.2. The van der Waals surface area contributed by atoms with E-state index in [-0.39, 0.29) is 5.91 Å². The van der Waals surface area contributed by atoms with Crippen LogP contribution in [0.3, 0.4) is 0 Å². The van der Waals surface area contributed by atoms with Crippen LogP contribution in [0.15, 0.2) is 0 Å². The fourth-order valence-electron chi connectivity index (χ4n) is 1.48. The normalized spacial score (nSPS) is 11.7. The minimum Gasteiger partial charge on any atom is -0.357 e. The molecule has 0 aliphatic rings. The average molecular weight is 281 g/mol. The molecule has 0 aliphatic heterocycles. The molecule has 112 valence electrons. The lowest BCUT2D eigenvalue weighted by atomic mass is 10.3. The van der Waals surface area contributed by atoms with Crippen LogP contribution in [0.25, 0.3) is 0 Å². The Balaban J connectivity index is 2.91. The number of nitrogens with zero attached hydrogens (tertiary/aromatic N) is 5. The number of hydrogen-bond acceptors (Lipinski definition) is 7. The molecule has 1 atom stereocenters. The maximum Gasteiger partial charge on any atom is 0.244 e. The third-order valence-electron chi connectivity index (χ3n) is 2.81. The minimum atomic E-state index is -0.401. The molecule has 0 bridgehead atoms. The lowest BCUT2D eigenvalue weighted by molar-refractivity contribution is -0.130. The molecule has 1 unspecified atom stereocenters. The topological polar surface area (TPSA) is 86.3 Å². The van der Waals surface area contributed by atoms with Crippen molar-refractivity contribution in [3.05, 3.63) is 0 Å². The highest BCUT2D eigenvalue weighted by molar-refractivity contribution is 5.83. The van der Waals surface area contributed by atoms with Gasteiger partial charge in [0.05, 0.1) is 0 Å². The van der Waals surface area contributed by atoms with Crippen LogP contribution in [0.2, 0.25) is 0 Å². The number of rotatable bonds is 6. The van der Waals surface area contributed by atoms with Gasteiger partial charge in [0.1, 0.15) is 6.04 Å². The van der Waals surface area contributed by atoms with Gasteiger partial charge in [-0.05, 0) is 13.8 Å². The van der Waals surface area contributed by atoms with E-state index in [1.54, 1.807) is 30.8 Å². The maximum atomic E-state index is 12.0. The van der Waals surface area contributed by atoms with Crippen LogP contribution in [0.4, 0.5) is 17.8 Å². The summed E-state index contributed by atoms with van der Waals surface area (Å²) >= 11 is 0. The molecule has 1 aromatic heterocycles. The zero-order valence-electron chi connectivity index (χ0n) is 12.9. The molecule has 0 saturated carbocycles. The summed E-state index contributed by atoms with van der Waals surface area (Å²) in [5.41, 5.74) is 0. The van der Waals surface area contributed by atoms with Crippen molar-refractivity contribution in [2.24, 2.45) is 0 Å². The van der Waals surface area contributed by atoms with Gasteiger partial charge < -0.3 is 20.4 Å². The second-order valence-corrected chi connectivity index (χ2v) is 4.65. The molecular weight excluding hydrogens is 258 g/mol. The molecule has 0 aliphatic carbocycles. The molecule has 0 aromatic carbocycles. The highest BCUT2D eigenvalue weighted by Gasteiger charge is 2.18. The van der Waals surface area contributed by atoms with Gasteiger partial charge >= 0.3 is 0 Å². The van der Waals surface area contributed by atoms with Crippen LogP contribution in [-0.2, 0) is 4.79 Å². The molecule has 2 N–H and O–H groups in total. The molecular formula is C12H23N7O. The van der Waals surface area contributed by atoms with Gasteiger partial charge in [-0.2, -0.15) is 15.0 Å². The third kappa shape index (κ3) is 3.94. The van der Waals surface area contributed by atoms with Gasteiger partial charge in [0.25, 0.3) is 0 Å². The van der Waals surface area contributed by atoms with E-state index in [4.69, 9.17) is 0 Å². The number of hydrogen-bond donors (Lipinski definition) is 2. The standard InChI is InChI=1S/C12H23N7O/c1-7-19(6)9(20)8(2)14-11-15-10(13-3)16-12(17-11)18(4)5/h8H,7H2,1-6H3,(H2,13,14,15,16,17). The van der Waals surface area contributed by atoms with Crippen molar-refractivity contribution in [3.8, 4) is 0 Å². The first-order chi connectivity index (χ1) is 9.38. The summed E-state index contributed by atoms with van der Waals surface area (Å²) < 4.78 is 0. The number of carbonyl (C=O) groups is 1. The Bertz CT molecular complexity index is 463. The van der Waals surface area contributed by atoms with Gasteiger partial charge in [-0.25, -0.2) is 0 Å². The van der Waals surface area contributed by atoms with Crippen molar-refractivity contribution < 1.29 is 4.79 Å². The maximum absolute atomic E-state index is 12.0. The van der Waals surface area contributed by atoms with Crippen LogP contribution in [-0.4, -0.2) is 66.5 Å². The summed E-state index contributed by atoms with van der Waals surface area (Å²) in [6.45, 7) is 4.37. The largest absolute Gasteiger partial charge is 0.357 e. The number of anilines is 3. The lowest BCUT2D eigenvalue weighted by Gasteiger charge is -2.21. The SMILES string of the molecule is CCN(C)C(=O)C(C)Nc1nc(NC)nc(N(C)C)n1. The third-order valence-corrected chi connectivity index (χ3v) is 2.81. The van der Waals surface area contributed by atoms with Gasteiger partial charge in [0.2, 0.25) is 23.8 Å².